The molecule has 0 saturated heterocycles. The fourth-order valence-corrected chi connectivity index (χ4v) is 8.21. The Morgan fingerprint density at radius 2 is 1.59 bits per heavy atom. The second kappa shape index (κ2) is 8.97. The van der Waals surface area contributed by atoms with E-state index in [1.54, 1.807) is 0 Å². The monoisotopic (exact) mass is 568 g/mol. The molecule has 2 aliphatic rings. The van der Waals surface area contributed by atoms with Gasteiger partial charge in [0.25, 0.3) is 0 Å². The Morgan fingerprint density at radius 3 is 2.48 bits per heavy atom. The number of nitrogens with zero attached hydrogens (tertiary/aromatic N) is 2. The molecule has 1 atom stereocenters. The molecular formula is C41H32N2O. The number of fused-ring (bicyclic) bond motifs is 9. The second-order valence-corrected chi connectivity index (χ2v) is 13.3. The molecule has 0 bridgehead atoms. The average Bonchev–Trinajstić information content (AvgIpc) is 3.65. The zero-order valence-electron chi connectivity index (χ0n) is 25.2. The van der Waals surface area contributed by atoms with Crippen LogP contribution in [0.4, 0.5) is 0 Å². The molecule has 44 heavy (non-hydrogen) atoms. The third kappa shape index (κ3) is 3.37. The third-order valence-corrected chi connectivity index (χ3v) is 10.4. The summed E-state index contributed by atoms with van der Waals surface area (Å²) in [5.41, 5.74) is 14.9. The summed E-state index contributed by atoms with van der Waals surface area (Å²) in [6.07, 6.45) is 3.36. The highest BCUT2D eigenvalue weighted by molar-refractivity contribution is 6.15. The molecule has 0 radical (unpaired) electrons. The highest BCUT2D eigenvalue weighted by Gasteiger charge is 2.36. The minimum Gasteiger partial charge on any atom is -0.456 e. The van der Waals surface area contributed by atoms with Crippen molar-refractivity contribution in [3.05, 3.63) is 125 Å². The van der Waals surface area contributed by atoms with Crippen molar-refractivity contribution < 1.29 is 4.42 Å². The van der Waals surface area contributed by atoms with Crippen LogP contribution in [0.15, 0.2) is 101 Å². The maximum atomic E-state index is 10.0. The van der Waals surface area contributed by atoms with Crippen molar-refractivity contribution in [2.75, 3.05) is 0 Å². The van der Waals surface area contributed by atoms with Crippen LogP contribution in [-0.4, -0.2) is 4.57 Å². The fourth-order valence-electron chi connectivity index (χ4n) is 8.21. The van der Waals surface area contributed by atoms with Crippen molar-refractivity contribution in [3.63, 3.8) is 0 Å². The van der Waals surface area contributed by atoms with Gasteiger partial charge in [-0.05, 0) is 101 Å². The maximum Gasteiger partial charge on any atom is 0.136 e. The molecule has 0 N–H and O–H groups in total. The lowest BCUT2D eigenvalue weighted by molar-refractivity contribution is 0.492. The third-order valence-electron chi connectivity index (χ3n) is 10.4. The Kier molecular flexibility index (Phi) is 5.19. The molecule has 2 aliphatic carbocycles. The molecule has 2 heterocycles. The number of para-hydroxylation sites is 1. The number of rotatable bonds is 2. The molecule has 7 aromatic rings. The van der Waals surface area contributed by atoms with Gasteiger partial charge < -0.3 is 8.98 Å². The van der Waals surface area contributed by atoms with Gasteiger partial charge in [-0.25, -0.2) is 0 Å². The Bertz CT molecular complexity index is 2370. The molecule has 212 valence electrons. The summed E-state index contributed by atoms with van der Waals surface area (Å²) >= 11 is 0. The largest absolute Gasteiger partial charge is 0.456 e. The lowest BCUT2D eigenvalue weighted by Crippen LogP contribution is -2.14. The molecule has 1 unspecified atom stereocenters. The number of benzene rings is 5. The van der Waals surface area contributed by atoms with E-state index in [-0.39, 0.29) is 5.41 Å². The second-order valence-electron chi connectivity index (χ2n) is 13.3. The molecule has 0 spiro atoms. The van der Waals surface area contributed by atoms with Gasteiger partial charge in [-0.1, -0.05) is 75.4 Å². The average molecular weight is 569 g/mol. The van der Waals surface area contributed by atoms with E-state index in [1.165, 1.54) is 50.8 Å². The smallest absolute Gasteiger partial charge is 0.136 e. The maximum absolute atomic E-state index is 10.0. The van der Waals surface area contributed by atoms with Crippen LogP contribution < -0.4 is 0 Å². The SMILES string of the molecule is CC1CCc2c(n(-c3ccc(C#N)cc3-c3cccc4oc5cc6c(cc5c34)-c3ccccc3C6(C)C)c3ccccc23)C1. The number of aromatic nitrogens is 1. The normalized spacial score (nSPS) is 16.6. The van der Waals surface area contributed by atoms with Gasteiger partial charge in [0.1, 0.15) is 11.2 Å². The van der Waals surface area contributed by atoms with Gasteiger partial charge in [-0.15, -0.1) is 0 Å². The van der Waals surface area contributed by atoms with E-state index in [4.69, 9.17) is 4.42 Å². The molecule has 9 rings (SSSR count). The van der Waals surface area contributed by atoms with Crippen molar-refractivity contribution in [2.45, 2.75) is 45.4 Å². The van der Waals surface area contributed by atoms with Gasteiger partial charge in [0.15, 0.2) is 0 Å². The van der Waals surface area contributed by atoms with Crippen molar-refractivity contribution in [3.8, 4) is 34.0 Å². The standard InChI is InChI=1S/C41H32N2O/c1-24-15-17-28-27-10-5-7-13-35(27)43(37(28)19-24)36-18-16-25(23-42)20-31(36)29-11-8-14-38-40(29)32-21-30-26-9-4-6-12-33(26)41(2,3)34(30)22-39(32)44-38/h4-14,16,18,20-22,24H,15,17,19H2,1-3H3. The molecule has 0 fully saturated rings. The minimum atomic E-state index is -0.0953. The van der Waals surface area contributed by atoms with Crippen LogP contribution in [0.5, 0.6) is 0 Å². The first-order valence-electron chi connectivity index (χ1n) is 15.7. The Balaban J connectivity index is 1.36. The van der Waals surface area contributed by atoms with Crippen LogP contribution >= 0.6 is 0 Å². The van der Waals surface area contributed by atoms with E-state index in [1.807, 2.05) is 6.07 Å². The molecule has 5 aromatic carbocycles. The lowest BCUT2D eigenvalue weighted by atomic mass is 9.82. The number of furan rings is 1. The summed E-state index contributed by atoms with van der Waals surface area (Å²) in [7, 11) is 0. The summed E-state index contributed by atoms with van der Waals surface area (Å²) in [6, 6.07) is 37.1. The van der Waals surface area contributed by atoms with E-state index in [0.29, 0.717) is 11.5 Å². The number of aryl methyl sites for hydroxylation is 1. The summed E-state index contributed by atoms with van der Waals surface area (Å²) in [4.78, 5) is 0. The van der Waals surface area contributed by atoms with Crippen molar-refractivity contribution >= 4 is 32.8 Å². The van der Waals surface area contributed by atoms with Crippen molar-refractivity contribution in [2.24, 2.45) is 5.92 Å². The molecular weight excluding hydrogens is 536 g/mol. The molecule has 3 nitrogen and oxygen atoms in total. The number of nitriles is 1. The van der Waals surface area contributed by atoms with Crippen LogP contribution in [0.25, 0.3) is 60.8 Å². The van der Waals surface area contributed by atoms with Gasteiger partial charge in [0, 0.05) is 32.8 Å². The molecule has 0 amide bonds. The summed E-state index contributed by atoms with van der Waals surface area (Å²) in [6.45, 7) is 6.97. The Hall–Kier alpha value is -5.07. The first kappa shape index (κ1) is 25.4. The number of hydrogen-bond donors (Lipinski definition) is 0. The summed E-state index contributed by atoms with van der Waals surface area (Å²) < 4.78 is 9.10. The van der Waals surface area contributed by atoms with Gasteiger partial charge >= 0.3 is 0 Å². The van der Waals surface area contributed by atoms with Gasteiger partial charge in [0.05, 0.1) is 22.8 Å². The Labute approximate surface area is 257 Å². The highest BCUT2D eigenvalue weighted by atomic mass is 16.3. The molecule has 3 heteroatoms. The van der Waals surface area contributed by atoms with Crippen LogP contribution in [0, 0.1) is 17.2 Å². The van der Waals surface area contributed by atoms with E-state index in [0.717, 1.165) is 51.6 Å². The van der Waals surface area contributed by atoms with E-state index < -0.39 is 0 Å². The zero-order chi connectivity index (χ0) is 29.7. The van der Waals surface area contributed by atoms with Crippen LogP contribution in [0.1, 0.15) is 55.1 Å². The lowest BCUT2D eigenvalue weighted by Gasteiger charge is -2.23. The predicted octanol–water partition coefficient (Wildman–Crippen LogP) is 10.5. The molecule has 0 aliphatic heterocycles. The molecule has 2 aromatic heterocycles. The summed E-state index contributed by atoms with van der Waals surface area (Å²) in [5, 5.41) is 13.6. The minimum absolute atomic E-state index is 0.0953. The van der Waals surface area contributed by atoms with E-state index >= 15 is 0 Å². The topological polar surface area (TPSA) is 41.9 Å². The van der Waals surface area contributed by atoms with Crippen LogP contribution in [0.2, 0.25) is 0 Å². The van der Waals surface area contributed by atoms with Crippen LogP contribution in [-0.2, 0) is 18.3 Å². The van der Waals surface area contributed by atoms with Gasteiger partial charge in [0.2, 0.25) is 0 Å². The Morgan fingerprint density at radius 1 is 0.773 bits per heavy atom. The van der Waals surface area contributed by atoms with Crippen molar-refractivity contribution in [1.82, 2.24) is 4.57 Å². The van der Waals surface area contributed by atoms with Gasteiger partial charge in [-0.3, -0.25) is 0 Å². The first-order chi connectivity index (χ1) is 21.4. The highest BCUT2D eigenvalue weighted by Crippen LogP contribution is 2.51. The quantitative estimate of drug-likeness (QED) is 0.208. The molecule has 0 saturated carbocycles. The zero-order valence-corrected chi connectivity index (χ0v) is 25.2. The van der Waals surface area contributed by atoms with Crippen molar-refractivity contribution in [1.29, 1.82) is 5.26 Å². The number of hydrogen-bond acceptors (Lipinski definition) is 2. The predicted molar refractivity (Wildman–Crippen MR) is 179 cm³/mol. The fraction of sp³-hybridized carbons (Fsp3) is 0.195. The van der Waals surface area contributed by atoms with Gasteiger partial charge in [-0.2, -0.15) is 5.26 Å². The summed E-state index contributed by atoms with van der Waals surface area (Å²) in [5.74, 6) is 0.628. The van der Waals surface area contributed by atoms with E-state index in [2.05, 4.69) is 122 Å². The van der Waals surface area contributed by atoms with E-state index in [9.17, 15) is 5.26 Å². The van der Waals surface area contributed by atoms with Crippen LogP contribution in [0.3, 0.4) is 0 Å². The first-order valence-corrected chi connectivity index (χ1v) is 15.7.